The largest absolute Gasteiger partial charge is 0.350 e. The summed E-state index contributed by atoms with van der Waals surface area (Å²) < 4.78 is 1.70. The molecule has 0 aliphatic carbocycles. The summed E-state index contributed by atoms with van der Waals surface area (Å²) in [5.74, 6) is 0.609. The van der Waals surface area contributed by atoms with Crippen LogP contribution in [0.2, 0.25) is 0 Å². The zero-order valence-electron chi connectivity index (χ0n) is 12.1. The van der Waals surface area contributed by atoms with E-state index >= 15 is 0 Å². The molecule has 2 N–H and O–H groups in total. The summed E-state index contributed by atoms with van der Waals surface area (Å²) in [6.07, 6.45) is 5.04. The van der Waals surface area contributed by atoms with Crippen molar-refractivity contribution in [2.75, 3.05) is 13.1 Å². The van der Waals surface area contributed by atoms with Gasteiger partial charge in [0.05, 0.1) is 11.3 Å². The number of piperidine rings is 1. The summed E-state index contributed by atoms with van der Waals surface area (Å²) >= 11 is 0. The van der Waals surface area contributed by atoms with Gasteiger partial charge in [-0.25, -0.2) is 0 Å². The van der Waals surface area contributed by atoms with Crippen LogP contribution < -0.4 is 10.6 Å². The summed E-state index contributed by atoms with van der Waals surface area (Å²) in [7, 11) is 1.85. The minimum atomic E-state index is -0.00970. The lowest BCUT2D eigenvalue weighted by Gasteiger charge is -2.30. The van der Waals surface area contributed by atoms with Crippen LogP contribution in [0, 0.1) is 5.92 Å². The Morgan fingerprint density at radius 1 is 1.63 bits per heavy atom. The average molecular weight is 264 g/mol. The van der Waals surface area contributed by atoms with E-state index in [9.17, 15) is 4.79 Å². The Hall–Kier alpha value is -1.36. The highest BCUT2D eigenvalue weighted by Crippen LogP contribution is 2.15. The van der Waals surface area contributed by atoms with Crippen LogP contribution in [-0.2, 0) is 13.5 Å². The van der Waals surface area contributed by atoms with E-state index in [2.05, 4.69) is 22.7 Å². The first-order valence-electron chi connectivity index (χ1n) is 7.16. The Morgan fingerprint density at radius 2 is 2.42 bits per heavy atom. The van der Waals surface area contributed by atoms with Crippen LogP contribution in [0.3, 0.4) is 0 Å². The van der Waals surface area contributed by atoms with Crippen molar-refractivity contribution in [3.63, 3.8) is 0 Å². The number of carbonyl (C=O) groups is 1. The highest BCUT2D eigenvalue weighted by molar-refractivity contribution is 5.95. The summed E-state index contributed by atoms with van der Waals surface area (Å²) in [5, 5.41) is 10.8. The molecule has 0 spiro atoms. The molecule has 1 aliphatic heterocycles. The van der Waals surface area contributed by atoms with Crippen molar-refractivity contribution in [1.82, 2.24) is 20.4 Å². The molecule has 106 valence electrons. The minimum Gasteiger partial charge on any atom is -0.350 e. The zero-order chi connectivity index (χ0) is 13.8. The molecule has 2 rings (SSSR count). The van der Waals surface area contributed by atoms with Gasteiger partial charge in [0.25, 0.3) is 5.91 Å². The number of rotatable bonds is 4. The molecule has 2 unspecified atom stereocenters. The topological polar surface area (TPSA) is 59.0 Å². The number of carbonyl (C=O) groups excluding carboxylic acids is 1. The maximum atomic E-state index is 12.2. The standard InChI is InChI=1S/C14H24N4O/c1-4-12-11(9-18(3)17-12)14(19)16-8-13-10(2)6-5-7-15-13/h9-10,13,15H,4-8H2,1-3H3,(H,16,19). The molecule has 1 fully saturated rings. The van der Waals surface area contributed by atoms with Crippen LogP contribution in [0.15, 0.2) is 6.20 Å². The smallest absolute Gasteiger partial charge is 0.254 e. The van der Waals surface area contributed by atoms with Gasteiger partial charge in [0.2, 0.25) is 0 Å². The number of nitrogens with one attached hydrogen (secondary N) is 2. The number of amides is 1. The van der Waals surface area contributed by atoms with E-state index in [1.54, 1.807) is 10.9 Å². The predicted octanol–water partition coefficient (Wildman–Crippen LogP) is 1.10. The van der Waals surface area contributed by atoms with Crippen molar-refractivity contribution in [3.8, 4) is 0 Å². The third kappa shape index (κ3) is 3.35. The second-order valence-corrected chi connectivity index (χ2v) is 5.41. The van der Waals surface area contributed by atoms with Crippen molar-refractivity contribution in [3.05, 3.63) is 17.5 Å². The van der Waals surface area contributed by atoms with Gasteiger partial charge in [-0.15, -0.1) is 0 Å². The van der Waals surface area contributed by atoms with Gasteiger partial charge in [0.15, 0.2) is 0 Å². The van der Waals surface area contributed by atoms with E-state index in [1.807, 2.05) is 14.0 Å². The monoisotopic (exact) mass is 264 g/mol. The fourth-order valence-corrected chi connectivity index (χ4v) is 2.67. The average Bonchev–Trinajstić information content (AvgIpc) is 2.79. The Kier molecular flexibility index (Phi) is 4.58. The molecule has 0 saturated carbocycles. The molecule has 1 aromatic heterocycles. The lowest BCUT2D eigenvalue weighted by molar-refractivity contribution is 0.0942. The Labute approximate surface area is 114 Å². The van der Waals surface area contributed by atoms with Gasteiger partial charge in [-0.3, -0.25) is 9.48 Å². The van der Waals surface area contributed by atoms with Crippen LogP contribution in [-0.4, -0.2) is 34.8 Å². The molecule has 5 nitrogen and oxygen atoms in total. The fraction of sp³-hybridized carbons (Fsp3) is 0.714. The highest BCUT2D eigenvalue weighted by Gasteiger charge is 2.22. The quantitative estimate of drug-likeness (QED) is 0.856. The molecule has 0 bridgehead atoms. The second-order valence-electron chi connectivity index (χ2n) is 5.41. The summed E-state index contributed by atoms with van der Waals surface area (Å²) in [6, 6.07) is 0.388. The normalized spacial score (nSPS) is 23.3. The number of aromatic nitrogens is 2. The molecule has 2 heterocycles. The Morgan fingerprint density at radius 3 is 3.11 bits per heavy atom. The van der Waals surface area contributed by atoms with Crippen molar-refractivity contribution >= 4 is 5.91 Å². The van der Waals surface area contributed by atoms with Crippen LogP contribution >= 0.6 is 0 Å². The lowest BCUT2D eigenvalue weighted by atomic mass is 9.93. The number of hydrogen-bond acceptors (Lipinski definition) is 3. The third-order valence-corrected chi connectivity index (χ3v) is 3.90. The molecular formula is C14H24N4O. The van der Waals surface area contributed by atoms with Gasteiger partial charge >= 0.3 is 0 Å². The first-order chi connectivity index (χ1) is 9.11. The van der Waals surface area contributed by atoms with Crippen molar-refractivity contribution in [1.29, 1.82) is 0 Å². The SMILES string of the molecule is CCc1nn(C)cc1C(=O)NCC1NCCCC1C. The molecule has 0 aromatic carbocycles. The van der Waals surface area contributed by atoms with Crippen LogP contribution in [0.5, 0.6) is 0 Å². The first kappa shape index (κ1) is 14.1. The van der Waals surface area contributed by atoms with E-state index in [1.165, 1.54) is 12.8 Å². The van der Waals surface area contributed by atoms with E-state index in [0.717, 1.165) is 18.7 Å². The molecular weight excluding hydrogens is 240 g/mol. The van der Waals surface area contributed by atoms with Crippen LogP contribution in [0.1, 0.15) is 42.7 Å². The van der Waals surface area contributed by atoms with Gasteiger partial charge in [0, 0.05) is 25.8 Å². The van der Waals surface area contributed by atoms with Gasteiger partial charge < -0.3 is 10.6 Å². The summed E-state index contributed by atoms with van der Waals surface area (Å²) in [4.78, 5) is 12.2. The summed E-state index contributed by atoms with van der Waals surface area (Å²) in [6.45, 7) is 6.00. The van der Waals surface area contributed by atoms with Crippen molar-refractivity contribution in [2.45, 2.75) is 39.2 Å². The Balaban J connectivity index is 1.93. The second kappa shape index (κ2) is 6.19. The molecule has 1 aliphatic rings. The lowest BCUT2D eigenvalue weighted by Crippen LogP contribution is -2.47. The maximum absolute atomic E-state index is 12.2. The molecule has 1 aromatic rings. The predicted molar refractivity (Wildman–Crippen MR) is 75.1 cm³/mol. The minimum absolute atomic E-state index is 0.00970. The molecule has 2 atom stereocenters. The van der Waals surface area contributed by atoms with E-state index in [-0.39, 0.29) is 5.91 Å². The number of hydrogen-bond donors (Lipinski definition) is 2. The maximum Gasteiger partial charge on any atom is 0.254 e. The molecule has 19 heavy (non-hydrogen) atoms. The van der Waals surface area contributed by atoms with Gasteiger partial charge in [-0.1, -0.05) is 13.8 Å². The Bertz CT molecular complexity index is 441. The fourth-order valence-electron chi connectivity index (χ4n) is 2.67. The first-order valence-corrected chi connectivity index (χ1v) is 7.16. The van der Waals surface area contributed by atoms with Crippen molar-refractivity contribution in [2.24, 2.45) is 13.0 Å². The molecule has 1 amide bonds. The van der Waals surface area contributed by atoms with E-state index < -0.39 is 0 Å². The van der Waals surface area contributed by atoms with Gasteiger partial charge in [-0.2, -0.15) is 5.10 Å². The number of nitrogens with zero attached hydrogens (tertiary/aromatic N) is 2. The highest BCUT2D eigenvalue weighted by atomic mass is 16.1. The third-order valence-electron chi connectivity index (χ3n) is 3.90. The van der Waals surface area contributed by atoms with Gasteiger partial charge in [0.1, 0.15) is 0 Å². The van der Waals surface area contributed by atoms with Gasteiger partial charge in [-0.05, 0) is 31.7 Å². The van der Waals surface area contributed by atoms with E-state index in [0.29, 0.717) is 24.1 Å². The zero-order valence-corrected chi connectivity index (χ0v) is 12.1. The molecule has 5 heteroatoms. The van der Waals surface area contributed by atoms with Crippen molar-refractivity contribution < 1.29 is 4.79 Å². The number of aryl methyl sites for hydroxylation is 2. The van der Waals surface area contributed by atoms with E-state index in [4.69, 9.17) is 0 Å². The molecule has 0 radical (unpaired) electrons. The van der Waals surface area contributed by atoms with Crippen LogP contribution in [0.25, 0.3) is 0 Å². The molecule has 1 saturated heterocycles. The van der Waals surface area contributed by atoms with Crippen LogP contribution in [0.4, 0.5) is 0 Å². The summed E-state index contributed by atoms with van der Waals surface area (Å²) in [5.41, 5.74) is 1.57.